The Morgan fingerprint density at radius 2 is 1.97 bits per heavy atom. The fourth-order valence-electron chi connectivity index (χ4n) is 3.39. The maximum atomic E-state index is 13.2. The Hall–Kier alpha value is -3.39. The molecule has 0 aliphatic heterocycles. The van der Waals surface area contributed by atoms with Crippen LogP contribution in [0.3, 0.4) is 0 Å². The van der Waals surface area contributed by atoms with Crippen LogP contribution < -0.4 is 14.4 Å². The second-order valence-corrected chi connectivity index (χ2v) is 8.19. The van der Waals surface area contributed by atoms with E-state index in [-0.39, 0.29) is 12.5 Å². The number of benzene rings is 2. The minimum absolute atomic E-state index is 0.118. The van der Waals surface area contributed by atoms with E-state index in [1.807, 2.05) is 31.3 Å². The summed E-state index contributed by atoms with van der Waals surface area (Å²) in [6.45, 7) is 4.98. The number of carbonyl (C=O) groups is 1. The Kier molecular flexibility index (Phi) is 6.18. The van der Waals surface area contributed by atoms with Crippen LogP contribution in [0.1, 0.15) is 11.1 Å². The van der Waals surface area contributed by atoms with Crippen molar-refractivity contribution >= 4 is 32.6 Å². The molecule has 0 atom stereocenters. The van der Waals surface area contributed by atoms with Gasteiger partial charge in [0.05, 0.1) is 23.9 Å². The minimum atomic E-state index is -0.175. The van der Waals surface area contributed by atoms with Crippen molar-refractivity contribution in [2.24, 2.45) is 0 Å². The topological polar surface area (TPSA) is 69.5 Å². The highest BCUT2D eigenvalue weighted by Gasteiger charge is 2.21. The maximum absolute atomic E-state index is 13.2. The van der Waals surface area contributed by atoms with Gasteiger partial charge in [-0.3, -0.25) is 14.4 Å². The Morgan fingerprint density at radius 1 is 1.16 bits per heavy atom. The normalized spacial score (nSPS) is 10.9. The SMILES string of the molecule is COc1ccccc1OCC(=O)N(CCn1cccn1)c1nc2c(C)cc(C)cc2s1. The molecule has 0 bridgehead atoms. The van der Waals surface area contributed by atoms with Crippen LogP contribution in [0.5, 0.6) is 11.5 Å². The van der Waals surface area contributed by atoms with Crippen molar-refractivity contribution < 1.29 is 14.3 Å². The molecule has 4 rings (SSSR count). The first-order chi connectivity index (χ1) is 15.0. The predicted molar refractivity (Wildman–Crippen MR) is 122 cm³/mol. The van der Waals surface area contributed by atoms with Crippen LogP contribution in [0.25, 0.3) is 10.2 Å². The van der Waals surface area contributed by atoms with Crippen LogP contribution >= 0.6 is 11.3 Å². The summed E-state index contributed by atoms with van der Waals surface area (Å²) in [6.07, 6.45) is 3.60. The molecule has 0 radical (unpaired) electrons. The number of aryl methyl sites for hydroxylation is 2. The zero-order valence-corrected chi connectivity index (χ0v) is 18.6. The highest BCUT2D eigenvalue weighted by atomic mass is 32.1. The quantitative estimate of drug-likeness (QED) is 0.413. The van der Waals surface area contributed by atoms with Gasteiger partial charge in [-0.2, -0.15) is 5.10 Å². The van der Waals surface area contributed by atoms with E-state index in [2.05, 4.69) is 24.2 Å². The Labute approximate surface area is 184 Å². The van der Waals surface area contributed by atoms with Gasteiger partial charge in [-0.25, -0.2) is 4.98 Å². The van der Waals surface area contributed by atoms with E-state index in [4.69, 9.17) is 14.5 Å². The van der Waals surface area contributed by atoms with Gasteiger partial charge in [0.1, 0.15) is 0 Å². The number of rotatable bonds is 8. The van der Waals surface area contributed by atoms with E-state index < -0.39 is 0 Å². The third kappa shape index (κ3) is 4.69. The number of aromatic nitrogens is 3. The average molecular weight is 437 g/mol. The van der Waals surface area contributed by atoms with Crippen LogP contribution in [0.15, 0.2) is 54.9 Å². The van der Waals surface area contributed by atoms with Gasteiger partial charge in [0.2, 0.25) is 0 Å². The summed E-state index contributed by atoms with van der Waals surface area (Å²) in [4.78, 5) is 19.7. The zero-order chi connectivity index (χ0) is 21.8. The zero-order valence-electron chi connectivity index (χ0n) is 17.7. The number of amides is 1. The van der Waals surface area contributed by atoms with Gasteiger partial charge in [-0.05, 0) is 49.2 Å². The summed E-state index contributed by atoms with van der Waals surface area (Å²) in [5.74, 6) is 0.942. The van der Waals surface area contributed by atoms with Crippen molar-refractivity contribution in [2.75, 3.05) is 25.2 Å². The van der Waals surface area contributed by atoms with Gasteiger partial charge in [-0.15, -0.1) is 0 Å². The number of hydrogen-bond donors (Lipinski definition) is 0. The van der Waals surface area contributed by atoms with Crippen molar-refractivity contribution in [3.05, 3.63) is 66.0 Å². The Morgan fingerprint density at radius 3 is 2.71 bits per heavy atom. The smallest absolute Gasteiger partial charge is 0.266 e. The number of fused-ring (bicyclic) bond motifs is 1. The monoisotopic (exact) mass is 436 g/mol. The predicted octanol–water partition coefficient (Wildman–Crippen LogP) is 4.23. The number of nitrogens with zero attached hydrogens (tertiary/aromatic N) is 4. The van der Waals surface area contributed by atoms with Crippen LogP contribution in [-0.4, -0.2) is 40.9 Å². The highest BCUT2D eigenvalue weighted by Crippen LogP contribution is 2.32. The number of para-hydroxylation sites is 2. The van der Waals surface area contributed by atoms with Crippen molar-refractivity contribution in [2.45, 2.75) is 20.4 Å². The van der Waals surface area contributed by atoms with Gasteiger partial charge in [0, 0.05) is 18.9 Å². The summed E-state index contributed by atoms with van der Waals surface area (Å²) in [5.41, 5.74) is 3.20. The van der Waals surface area contributed by atoms with E-state index in [9.17, 15) is 4.79 Å². The largest absolute Gasteiger partial charge is 0.493 e. The first kappa shape index (κ1) is 20.9. The Balaban J connectivity index is 1.59. The molecule has 4 aromatic rings. The van der Waals surface area contributed by atoms with Gasteiger partial charge in [-0.1, -0.05) is 29.5 Å². The molecule has 0 N–H and O–H groups in total. The maximum Gasteiger partial charge on any atom is 0.266 e. The lowest BCUT2D eigenvalue weighted by atomic mass is 10.1. The van der Waals surface area contributed by atoms with Crippen molar-refractivity contribution in [3.63, 3.8) is 0 Å². The first-order valence-electron chi connectivity index (χ1n) is 9.96. The average Bonchev–Trinajstić information content (AvgIpc) is 3.42. The molecule has 2 aromatic heterocycles. The second-order valence-electron chi connectivity index (χ2n) is 7.18. The molecular formula is C23H24N4O3S. The van der Waals surface area contributed by atoms with E-state index in [1.54, 1.807) is 35.0 Å². The minimum Gasteiger partial charge on any atom is -0.493 e. The van der Waals surface area contributed by atoms with E-state index in [0.717, 1.165) is 15.8 Å². The summed E-state index contributed by atoms with van der Waals surface area (Å²) >= 11 is 1.51. The van der Waals surface area contributed by atoms with Gasteiger partial charge < -0.3 is 9.47 Å². The standard InChI is InChI=1S/C23H24N4O3S/c1-16-13-17(2)22-20(14-16)31-23(25-22)27(12-11-26-10-6-9-24-26)21(28)15-30-19-8-5-4-7-18(19)29-3/h4-10,13-14H,11-12,15H2,1-3H3. The molecule has 2 aromatic carbocycles. The van der Waals surface area contributed by atoms with E-state index >= 15 is 0 Å². The van der Waals surface area contributed by atoms with Crippen LogP contribution in [-0.2, 0) is 11.3 Å². The van der Waals surface area contributed by atoms with E-state index in [1.165, 1.54) is 16.9 Å². The fourth-order valence-corrected chi connectivity index (χ4v) is 4.58. The lowest BCUT2D eigenvalue weighted by Gasteiger charge is -2.20. The van der Waals surface area contributed by atoms with Crippen molar-refractivity contribution in [1.29, 1.82) is 0 Å². The molecule has 8 heteroatoms. The molecule has 31 heavy (non-hydrogen) atoms. The summed E-state index contributed by atoms with van der Waals surface area (Å²) < 4.78 is 14.0. The summed E-state index contributed by atoms with van der Waals surface area (Å²) in [7, 11) is 1.58. The molecule has 0 saturated heterocycles. The molecule has 0 fully saturated rings. The number of methoxy groups -OCH3 is 1. The molecule has 0 aliphatic rings. The van der Waals surface area contributed by atoms with Crippen LogP contribution in [0.2, 0.25) is 0 Å². The number of ether oxygens (including phenoxy) is 2. The Bertz CT molecular complexity index is 1190. The number of anilines is 1. The fraction of sp³-hybridized carbons (Fsp3) is 0.261. The second kappa shape index (κ2) is 9.18. The van der Waals surface area contributed by atoms with Gasteiger partial charge >= 0.3 is 0 Å². The molecular weight excluding hydrogens is 412 g/mol. The molecule has 0 aliphatic carbocycles. The number of carbonyl (C=O) groups excluding carboxylic acids is 1. The molecule has 7 nitrogen and oxygen atoms in total. The van der Waals surface area contributed by atoms with Crippen LogP contribution in [0, 0.1) is 13.8 Å². The van der Waals surface area contributed by atoms with Crippen molar-refractivity contribution in [1.82, 2.24) is 14.8 Å². The summed E-state index contributed by atoms with van der Waals surface area (Å²) in [5, 5.41) is 4.90. The highest BCUT2D eigenvalue weighted by molar-refractivity contribution is 7.22. The van der Waals surface area contributed by atoms with E-state index in [0.29, 0.717) is 29.7 Å². The molecule has 0 spiro atoms. The number of thiazole rings is 1. The third-order valence-corrected chi connectivity index (χ3v) is 5.91. The van der Waals surface area contributed by atoms with Crippen molar-refractivity contribution in [3.8, 4) is 11.5 Å². The summed E-state index contributed by atoms with van der Waals surface area (Å²) in [6, 6.07) is 13.3. The lowest BCUT2D eigenvalue weighted by molar-refractivity contribution is -0.120. The lowest BCUT2D eigenvalue weighted by Crippen LogP contribution is -2.37. The van der Waals surface area contributed by atoms with Gasteiger partial charge in [0.15, 0.2) is 23.2 Å². The molecule has 0 saturated carbocycles. The first-order valence-corrected chi connectivity index (χ1v) is 10.8. The van der Waals surface area contributed by atoms with Crippen LogP contribution in [0.4, 0.5) is 5.13 Å². The molecule has 2 heterocycles. The number of hydrogen-bond acceptors (Lipinski definition) is 6. The molecule has 0 unspecified atom stereocenters. The third-order valence-electron chi connectivity index (χ3n) is 4.88. The molecule has 1 amide bonds. The van der Waals surface area contributed by atoms with Gasteiger partial charge in [0.25, 0.3) is 5.91 Å². The molecule has 160 valence electrons.